The Morgan fingerprint density at radius 1 is 1.17 bits per heavy atom. The summed E-state index contributed by atoms with van der Waals surface area (Å²) in [6.07, 6.45) is 3.16. The van der Waals surface area contributed by atoms with Gasteiger partial charge < -0.3 is 5.32 Å². The van der Waals surface area contributed by atoms with Crippen molar-refractivity contribution in [3.8, 4) is 0 Å². The molecule has 8 heteroatoms. The van der Waals surface area contributed by atoms with Crippen LogP contribution < -0.4 is 5.32 Å². The molecule has 0 unspecified atom stereocenters. The van der Waals surface area contributed by atoms with Crippen molar-refractivity contribution >= 4 is 11.9 Å². The number of nitrogens with one attached hydrogen (secondary N) is 1. The molecule has 0 bridgehead atoms. The Kier molecular flexibility index (Phi) is 2.63. The zero-order chi connectivity index (χ0) is 16.3. The van der Waals surface area contributed by atoms with Gasteiger partial charge in [0.25, 0.3) is 5.91 Å². The van der Waals surface area contributed by atoms with Crippen molar-refractivity contribution in [1.29, 1.82) is 0 Å². The van der Waals surface area contributed by atoms with E-state index in [1.807, 2.05) is 24.3 Å². The molecule has 1 saturated heterocycles. The lowest BCUT2D eigenvalue weighted by Crippen LogP contribution is -2.47. The van der Waals surface area contributed by atoms with Gasteiger partial charge >= 0.3 is 6.03 Å². The van der Waals surface area contributed by atoms with Crippen LogP contribution >= 0.6 is 0 Å². The van der Waals surface area contributed by atoms with E-state index in [4.69, 9.17) is 0 Å². The summed E-state index contributed by atoms with van der Waals surface area (Å²) in [5.74, 6) is 0.377. The highest BCUT2D eigenvalue weighted by atomic mass is 16.2. The van der Waals surface area contributed by atoms with E-state index in [0.717, 1.165) is 24.0 Å². The number of aromatic nitrogens is 4. The topological polar surface area (TPSA) is 93.0 Å². The normalized spacial score (nSPS) is 21.4. The second-order valence-electron chi connectivity index (χ2n) is 6.80. The number of carbonyl (C=O) groups excluding carboxylic acids is 2. The van der Waals surface area contributed by atoms with Crippen molar-refractivity contribution in [1.82, 2.24) is 30.4 Å². The first-order valence-electron chi connectivity index (χ1n) is 8.14. The molecular formula is C16H16N6O2. The molecule has 24 heavy (non-hydrogen) atoms. The molecule has 1 aliphatic heterocycles. The van der Waals surface area contributed by atoms with Crippen molar-refractivity contribution in [2.75, 3.05) is 0 Å². The lowest BCUT2D eigenvalue weighted by atomic mass is 9.96. The molecule has 1 spiro atoms. The van der Waals surface area contributed by atoms with Crippen LogP contribution in [0.1, 0.15) is 35.8 Å². The van der Waals surface area contributed by atoms with Crippen LogP contribution in [-0.2, 0) is 24.2 Å². The van der Waals surface area contributed by atoms with E-state index in [1.165, 1.54) is 4.90 Å². The van der Waals surface area contributed by atoms with Crippen LogP contribution in [-0.4, -0.2) is 42.6 Å². The van der Waals surface area contributed by atoms with E-state index in [1.54, 1.807) is 4.68 Å². The van der Waals surface area contributed by atoms with Gasteiger partial charge in [0, 0.05) is 12.8 Å². The molecular weight excluding hydrogens is 308 g/mol. The van der Waals surface area contributed by atoms with Gasteiger partial charge in [-0.25, -0.2) is 9.48 Å². The van der Waals surface area contributed by atoms with Crippen LogP contribution in [0.3, 0.4) is 0 Å². The molecule has 2 aliphatic carbocycles. The zero-order valence-electron chi connectivity index (χ0n) is 13.0. The van der Waals surface area contributed by atoms with Gasteiger partial charge in [0.1, 0.15) is 5.54 Å². The number of tetrazole rings is 1. The molecule has 1 aromatic carbocycles. The lowest BCUT2D eigenvalue weighted by molar-refractivity contribution is -0.131. The maximum atomic E-state index is 13.0. The van der Waals surface area contributed by atoms with Crippen LogP contribution in [0.15, 0.2) is 24.3 Å². The van der Waals surface area contributed by atoms with Crippen molar-refractivity contribution in [3.63, 3.8) is 0 Å². The Labute approximate surface area is 137 Å². The summed E-state index contributed by atoms with van der Waals surface area (Å²) in [7, 11) is 0. The van der Waals surface area contributed by atoms with E-state index < -0.39 is 5.54 Å². The molecule has 5 rings (SSSR count). The minimum atomic E-state index is -0.849. The second kappa shape index (κ2) is 4.62. The summed E-state index contributed by atoms with van der Waals surface area (Å²) < 4.78 is 1.73. The van der Waals surface area contributed by atoms with E-state index in [2.05, 4.69) is 20.8 Å². The maximum Gasteiger partial charge on any atom is 0.325 e. The first-order chi connectivity index (χ1) is 11.7. The maximum absolute atomic E-state index is 13.0. The fourth-order valence-electron chi connectivity index (χ4n) is 3.74. The molecule has 1 N–H and O–H groups in total. The Balaban J connectivity index is 1.42. The van der Waals surface area contributed by atoms with Gasteiger partial charge in [-0.2, -0.15) is 0 Å². The minimum absolute atomic E-state index is 0.117. The molecule has 1 saturated carbocycles. The summed E-state index contributed by atoms with van der Waals surface area (Å²) >= 11 is 0. The van der Waals surface area contributed by atoms with Crippen LogP contribution in [0.25, 0.3) is 0 Å². The molecule has 2 fully saturated rings. The summed E-state index contributed by atoms with van der Waals surface area (Å²) in [5.41, 5.74) is 1.39. The largest absolute Gasteiger partial charge is 0.325 e. The highest BCUT2D eigenvalue weighted by Gasteiger charge is 2.54. The van der Waals surface area contributed by atoms with E-state index >= 15 is 0 Å². The Bertz CT molecular complexity index is 831. The van der Waals surface area contributed by atoms with Crippen LogP contribution in [0.4, 0.5) is 4.79 Å². The number of rotatable bonds is 3. The van der Waals surface area contributed by atoms with E-state index in [0.29, 0.717) is 24.7 Å². The standard InChI is InChI=1S/C16H16N6O2/c23-14-16(7-10-3-1-2-4-11(10)8-16)17-15(24)21(14)9-13-18-19-20-22(13)12-5-6-12/h1-4,12H,5-9H2,(H,17,24). The molecule has 2 aromatic rings. The number of carbonyl (C=O) groups is 2. The summed E-state index contributed by atoms with van der Waals surface area (Å²) in [5, 5.41) is 14.6. The molecule has 3 amide bonds. The number of urea groups is 1. The van der Waals surface area contributed by atoms with Crippen LogP contribution in [0.2, 0.25) is 0 Å². The molecule has 1 aromatic heterocycles. The van der Waals surface area contributed by atoms with Crippen molar-refractivity contribution in [3.05, 3.63) is 41.2 Å². The van der Waals surface area contributed by atoms with Gasteiger partial charge in [-0.1, -0.05) is 24.3 Å². The van der Waals surface area contributed by atoms with Gasteiger partial charge in [-0.05, 0) is 34.4 Å². The number of hydrogen-bond acceptors (Lipinski definition) is 5. The summed E-state index contributed by atoms with van der Waals surface area (Å²) in [6.45, 7) is 0.117. The van der Waals surface area contributed by atoms with Crippen LogP contribution in [0, 0.1) is 0 Å². The Morgan fingerprint density at radius 3 is 2.54 bits per heavy atom. The Morgan fingerprint density at radius 2 is 1.88 bits per heavy atom. The van der Waals surface area contributed by atoms with Crippen molar-refractivity contribution in [2.24, 2.45) is 0 Å². The highest BCUT2D eigenvalue weighted by molar-refractivity contribution is 6.07. The molecule has 0 radical (unpaired) electrons. The summed E-state index contributed by atoms with van der Waals surface area (Å²) in [6, 6.07) is 7.89. The molecule has 122 valence electrons. The first kappa shape index (κ1) is 13.6. The monoisotopic (exact) mass is 324 g/mol. The van der Waals surface area contributed by atoms with E-state index in [-0.39, 0.29) is 18.5 Å². The van der Waals surface area contributed by atoms with Gasteiger partial charge in [-0.3, -0.25) is 9.69 Å². The second-order valence-corrected chi connectivity index (χ2v) is 6.80. The zero-order valence-corrected chi connectivity index (χ0v) is 13.0. The number of hydrogen-bond donors (Lipinski definition) is 1. The van der Waals surface area contributed by atoms with E-state index in [9.17, 15) is 9.59 Å². The molecule has 8 nitrogen and oxygen atoms in total. The van der Waals surface area contributed by atoms with Gasteiger partial charge in [0.15, 0.2) is 5.82 Å². The predicted octanol–water partition coefficient (Wildman–Crippen LogP) is 0.597. The quantitative estimate of drug-likeness (QED) is 0.835. The third-order valence-corrected chi connectivity index (χ3v) is 5.10. The molecule has 2 heterocycles. The minimum Gasteiger partial charge on any atom is -0.322 e. The van der Waals surface area contributed by atoms with Gasteiger partial charge in [-0.15, -0.1) is 5.10 Å². The third kappa shape index (κ3) is 1.88. The summed E-state index contributed by atoms with van der Waals surface area (Å²) in [4.78, 5) is 26.7. The third-order valence-electron chi connectivity index (χ3n) is 5.10. The smallest absolute Gasteiger partial charge is 0.322 e. The number of imide groups is 1. The lowest BCUT2D eigenvalue weighted by Gasteiger charge is -2.20. The SMILES string of the molecule is O=C1NC2(Cc3ccccc3C2)C(=O)N1Cc1nnnn1C1CC1. The number of nitrogens with zero attached hydrogens (tertiary/aromatic N) is 5. The molecule has 3 aliphatic rings. The fraction of sp³-hybridized carbons (Fsp3) is 0.438. The number of fused-ring (bicyclic) bond motifs is 1. The predicted molar refractivity (Wildman–Crippen MR) is 81.8 cm³/mol. The average molecular weight is 324 g/mol. The van der Waals surface area contributed by atoms with Crippen molar-refractivity contribution in [2.45, 2.75) is 43.8 Å². The number of amides is 3. The van der Waals surface area contributed by atoms with Crippen LogP contribution in [0.5, 0.6) is 0 Å². The van der Waals surface area contributed by atoms with Gasteiger partial charge in [0.2, 0.25) is 0 Å². The highest BCUT2D eigenvalue weighted by Crippen LogP contribution is 2.37. The van der Waals surface area contributed by atoms with Gasteiger partial charge in [0.05, 0.1) is 12.6 Å². The number of benzene rings is 1. The Hall–Kier alpha value is -2.77. The van der Waals surface area contributed by atoms with Crippen molar-refractivity contribution < 1.29 is 9.59 Å². The fourth-order valence-corrected chi connectivity index (χ4v) is 3.74. The first-order valence-corrected chi connectivity index (χ1v) is 8.14. The average Bonchev–Trinajstić information content (AvgIpc) is 3.12. The molecule has 0 atom stereocenters.